The van der Waals surface area contributed by atoms with Crippen molar-refractivity contribution >= 4 is 31.9 Å². The molecule has 1 saturated heterocycles. The average molecular weight is 453 g/mol. The highest BCUT2D eigenvalue weighted by atomic mass is 32.5. The van der Waals surface area contributed by atoms with Crippen LogP contribution < -0.4 is 16.1 Å². The Morgan fingerprint density at radius 2 is 1.64 bits per heavy atom. The fourth-order valence-electron chi connectivity index (χ4n) is 2.63. The molecule has 1 aromatic carbocycles. The van der Waals surface area contributed by atoms with Gasteiger partial charge in [0.25, 0.3) is 11.8 Å². The first-order valence-corrected chi connectivity index (χ1v) is 11.2. The van der Waals surface area contributed by atoms with E-state index >= 15 is 0 Å². The van der Waals surface area contributed by atoms with Gasteiger partial charge in [0.15, 0.2) is 9.84 Å². The molecule has 0 radical (unpaired) electrons. The summed E-state index contributed by atoms with van der Waals surface area (Å²) in [6, 6.07) is -0.855. The molecule has 1 fully saturated rings. The third kappa shape index (κ3) is 4.21. The number of hydrogen-bond acceptors (Lipinski definition) is 6. The van der Waals surface area contributed by atoms with Crippen LogP contribution in [0.2, 0.25) is 0 Å². The minimum absolute atomic E-state index is 0.00875. The Kier molecular flexibility index (Phi) is 4.79. The molecule has 8 nitrogen and oxygen atoms in total. The largest absolute Gasteiger partial charge is 0.339 e. The van der Waals surface area contributed by atoms with E-state index in [-0.39, 0.29) is 25.2 Å². The van der Waals surface area contributed by atoms with Crippen LogP contribution in [0, 0.1) is 0 Å². The fraction of sp³-hybridized carbons (Fsp3) is 0.385. The van der Waals surface area contributed by atoms with Gasteiger partial charge in [-0.15, -0.1) is 0 Å². The van der Waals surface area contributed by atoms with E-state index in [1.54, 1.807) is 0 Å². The number of rotatable bonds is 6. The number of amides is 2. The molecule has 15 heteroatoms. The number of benzene rings is 1. The molecule has 1 atom stereocenters. The molecule has 1 aromatic rings. The van der Waals surface area contributed by atoms with Gasteiger partial charge in [-0.25, -0.2) is 13.9 Å². The second-order valence-electron chi connectivity index (χ2n) is 6.32. The fourth-order valence-corrected chi connectivity index (χ4v) is 4.60. The average Bonchev–Trinajstić information content (AvgIpc) is 2.48. The Balaban J connectivity index is 2.34. The van der Waals surface area contributed by atoms with Crippen LogP contribution in [-0.4, -0.2) is 55.6 Å². The van der Waals surface area contributed by atoms with Crippen LogP contribution in [0.25, 0.3) is 0 Å². The zero-order valence-electron chi connectivity index (χ0n) is 14.1. The number of hydroxylamine groups is 1. The van der Waals surface area contributed by atoms with Gasteiger partial charge < -0.3 is 10.6 Å². The van der Waals surface area contributed by atoms with Gasteiger partial charge >= 0.3 is 10.2 Å². The van der Waals surface area contributed by atoms with Crippen LogP contribution in [0.4, 0.5) is 19.4 Å². The molecule has 0 saturated carbocycles. The summed E-state index contributed by atoms with van der Waals surface area (Å²) in [6.07, 6.45) is 0.807. The van der Waals surface area contributed by atoms with Gasteiger partial charge in [-0.2, -0.15) is 0 Å². The molecule has 2 amide bonds. The molecule has 160 valence electrons. The van der Waals surface area contributed by atoms with Crippen molar-refractivity contribution in [2.45, 2.75) is 15.7 Å². The van der Waals surface area contributed by atoms with E-state index < -0.39 is 53.1 Å². The highest BCUT2D eigenvalue weighted by Gasteiger charge is 2.65. The van der Waals surface area contributed by atoms with Crippen LogP contribution in [0.3, 0.4) is 0 Å². The standard InChI is InChI=1S/C13H16F5N3O5S2/c1-27(25,26)13(6-19-7-13)10(12(23)21-24)20-11(22)8-2-4-9(5-3-8)28(14,15,16,17)18/h2-5,10,19,24H,6-7H2,1H3,(H,20,22)(H,21,23). The number of hydrogen-bond donors (Lipinski definition) is 4. The van der Waals surface area contributed by atoms with E-state index in [9.17, 15) is 37.4 Å². The predicted octanol–water partition coefficient (Wildman–Crippen LogP) is 1.33. The Labute approximate surface area is 156 Å². The van der Waals surface area contributed by atoms with Crippen molar-refractivity contribution in [3.05, 3.63) is 29.8 Å². The molecule has 28 heavy (non-hydrogen) atoms. The molecular formula is C13H16F5N3O5S2. The third-order valence-corrected chi connectivity index (χ3v) is 7.49. The van der Waals surface area contributed by atoms with Crippen LogP contribution in [0.1, 0.15) is 10.4 Å². The first-order chi connectivity index (χ1) is 12.4. The minimum Gasteiger partial charge on any atom is -0.339 e. The predicted molar refractivity (Wildman–Crippen MR) is 89.5 cm³/mol. The van der Waals surface area contributed by atoms with E-state index in [0.29, 0.717) is 12.1 Å². The lowest BCUT2D eigenvalue weighted by atomic mass is 9.91. The van der Waals surface area contributed by atoms with Crippen molar-refractivity contribution in [2.75, 3.05) is 19.3 Å². The highest BCUT2D eigenvalue weighted by Crippen LogP contribution is 3.02. The maximum atomic E-state index is 12.7. The summed E-state index contributed by atoms with van der Waals surface area (Å²) in [4.78, 5) is 22.0. The first kappa shape index (κ1) is 22.3. The minimum atomic E-state index is -9.92. The van der Waals surface area contributed by atoms with Gasteiger partial charge in [0, 0.05) is 24.9 Å². The zero-order valence-corrected chi connectivity index (χ0v) is 15.7. The zero-order chi connectivity index (χ0) is 21.7. The van der Waals surface area contributed by atoms with Crippen LogP contribution in [0.15, 0.2) is 29.2 Å². The summed E-state index contributed by atoms with van der Waals surface area (Å²) < 4.78 is 86.0. The molecule has 0 spiro atoms. The summed E-state index contributed by atoms with van der Waals surface area (Å²) in [6.45, 7) is -0.485. The van der Waals surface area contributed by atoms with Gasteiger partial charge in [-0.3, -0.25) is 14.8 Å². The highest BCUT2D eigenvalue weighted by molar-refractivity contribution is 8.45. The van der Waals surface area contributed by atoms with Crippen molar-refractivity contribution < 1.29 is 42.6 Å². The van der Waals surface area contributed by atoms with Gasteiger partial charge in [-0.1, -0.05) is 19.4 Å². The van der Waals surface area contributed by atoms with E-state index in [4.69, 9.17) is 5.21 Å². The second-order valence-corrected chi connectivity index (χ2v) is 11.1. The number of nitrogens with one attached hydrogen (secondary N) is 3. The maximum Gasteiger partial charge on any atom is 0.310 e. The van der Waals surface area contributed by atoms with Crippen molar-refractivity contribution in [3.63, 3.8) is 0 Å². The van der Waals surface area contributed by atoms with Gasteiger partial charge in [0.2, 0.25) is 0 Å². The topological polar surface area (TPSA) is 125 Å². The van der Waals surface area contributed by atoms with Gasteiger partial charge in [-0.05, 0) is 24.3 Å². The Bertz CT molecular complexity index is 915. The Morgan fingerprint density at radius 3 is 1.96 bits per heavy atom. The Hall–Kier alpha value is -1.97. The third-order valence-electron chi connectivity index (χ3n) is 4.32. The van der Waals surface area contributed by atoms with Crippen molar-refractivity contribution in [1.82, 2.24) is 16.1 Å². The molecule has 4 N–H and O–H groups in total. The lowest BCUT2D eigenvalue weighted by Crippen LogP contribution is -2.76. The lowest BCUT2D eigenvalue weighted by Gasteiger charge is -2.45. The van der Waals surface area contributed by atoms with E-state index in [1.165, 1.54) is 5.48 Å². The van der Waals surface area contributed by atoms with Crippen LogP contribution in [-0.2, 0) is 14.6 Å². The second kappa shape index (κ2) is 6.01. The molecule has 2 rings (SSSR count). The van der Waals surface area contributed by atoms with Gasteiger partial charge in [0.1, 0.15) is 15.7 Å². The first-order valence-electron chi connectivity index (χ1n) is 7.40. The van der Waals surface area contributed by atoms with E-state index in [0.717, 1.165) is 6.26 Å². The summed E-state index contributed by atoms with van der Waals surface area (Å²) in [5, 5.41) is 13.5. The summed E-state index contributed by atoms with van der Waals surface area (Å²) in [5.41, 5.74) is 0.687. The molecule has 1 aliphatic rings. The Morgan fingerprint density at radius 1 is 1.14 bits per heavy atom. The summed E-state index contributed by atoms with van der Waals surface area (Å²) in [7, 11) is -13.9. The summed E-state index contributed by atoms with van der Waals surface area (Å²) >= 11 is 0. The van der Waals surface area contributed by atoms with Gasteiger partial charge in [0.05, 0.1) is 0 Å². The molecule has 1 heterocycles. The number of sulfone groups is 1. The van der Waals surface area contributed by atoms with E-state index in [1.807, 2.05) is 5.32 Å². The number of halogens is 5. The normalized spacial score (nSPS) is 20.1. The number of carbonyl (C=O) groups excluding carboxylic acids is 2. The molecule has 1 aliphatic heterocycles. The summed E-state index contributed by atoms with van der Waals surface area (Å²) in [5.74, 6) is -2.47. The molecular weight excluding hydrogens is 437 g/mol. The van der Waals surface area contributed by atoms with Crippen molar-refractivity contribution in [2.24, 2.45) is 0 Å². The molecule has 0 aromatic heterocycles. The lowest BCUT2D eigenvalue weighted by molar-refractivity contribution is -0.132. The monoisotopic (exact) mass is 453 g/mol. The molecule has 0 bridgehead atoms. The smallest absolute Gasteiger partial charge is 0.310 e. The quantitative estimate of drug-likeness (QED) is 0.293. The SMILES string of the molecule is CS(=O)(=O)C1(C(NC(=O)c2ccc(S(F)(F)(F)(F)F)cc2)C(=O)NO)CNC1. The van der Waals surface area contributed by atoms with Crippen LogP contribution >= 0.6 is 10.2 Å². The van der Waals surface area contributed by atoms with Crippen molar-refractivity contribution in [1.29, 1.82) is 0 Å². The maximum absolute atomic E-state index is 12.7. The van der Waals surface area contributed by atoms with Crippen molar-refractivity contribution in [3.8, 4) is 0 Å². The number of carbonyl (C=O) groups is 2. The van der Waals surface area contributed by atoms with E-state index in [2.05, 4.69) is 5.32 Å². The molecule has 1 unspecified atom stereocenters. The van der Waals surface area contributed by atoms with Crippen LogP contribution in [0.5, 0.6) is 0 Å². The molecule has 0 aliphatic carbocycles.